The van der Waals surface area contributed by atoms with Gasteiger partial charge in [-0.25, -0.2) is 14.8 Å². The third-order valence-corrected chi connectivity index (χ3v) is 4.71. The van der Waals surface area contributed by atoms with Gasteiger partial charge in [-0.3, -0.25) is 4.90 Å². The molecule has 1 amide bonds. The Bertz CT molecular complexity index is 591. The smallest absolute Gasteiger partial charge is 0.408 e. The van der Waals surface area contributed by atoms with Crippen LogP contribution < -0.4 is 0 Å². The Hall–Kier alpha value is -1.91. The summed E-state index contributed by atoms with van der Waals surface area (Å²) in [6.07, 6.45) is 8.89. The molecule has 5 heteroatoms. The molecule has 0 aliphatic carbocycles. The minimum absolute atomic E-state index is 0.0637. The van der Waals surface area contributed by atoms with Crippen LogP contribution in [0.3, 0.4) is 0 Å². The lowest BCUT2D eigenvalue weighted by atomic mass is 9.69. The lowest BCUT2D eigenvalue weighted by molar-refractivity contribution is 0.0794. The van der Waals surface area contributed by atoms with Crippen molar-refractivity contribution < 1.29 is 9.90 Å². The number of amides is 1. The molecule has 2 unspecified atom stereocenters. The lowest BCUT2D eigenvalue weighted by Crippen LogP contribution is -2.53. The number of nitrogens with zero attached hydrogens (tertiary/aromatic N) is 3. The van der Waals surface area contributed by atoms with Crippen LogP contribution >= 0.6 is 0 Å². The number of fused-ring (bicyclic) bond motifs is 2. The summed E-state index contributed by atoms with van der Waals surface area (Å²) in [5.41, 5.74) is 1.35. The largest absolute Gasteiger partial charge is 0.465 e. The number of aromatic nitrogens is 2. The Labute approximate surface area is 124 Å². The Morgan fingerprint density at radius 3 is 2.62 bits per heavy atom. The summed E-state index contributed by atoms with van der Waals surface area (Å²) < 4.78 is 0. The molecule has 2 bridgehead atoms. The first-order valence-electron chi connectivity index (χ1n) is 7.36. The maximum atomic E-state index is 11.9. The summed E-state index contributed by atoms with van der Waals surface area (Å²) in [5, 5.41) is 9.79. The van der Waals surface area contributed by atoms with E-state index in [1.54, 1.807) is 17.3 Å². The number of hydrogen-bond acceptors (Lipinski definition) is 3. The second-order valence-corrected chi connectivity index (χ2v) is 6.94. The summed E-state index contributed by atoms with van der Waals surface area (Å²) in [7, 11) is 0. The van der Waals surface area contributed by atoms with Crippen molar-refractivity contribution in [3.05, 3.63) is 35.9 Å². The molecule has 1 aromatic rings. The average Bonchev–Trinajstić information content (AvgIpc) is 2.69. The molecule has 2 atom stereocenters. The van der Waals surface area contributed by atoms with Crippen molar-refractivity contribution in [1.29, 1.82) is 0 Å². The van der Waals surface area contributed by atoms with Crippen LogP contribution in [0, 0.1) is 5.41 Å². The van der Waals surface area contributed by atoms with Crippen LogP contribution in [-0.2, 0) is 5.54 Å². The zero-order valence-corrected chi connectivity index (χ0v) is 12.7. The van der Waals surface area contributed by atoms with Crippen LogP contribution in [0.1, 0.15) is 45.6 Å². The number of rotatable bonds is 1. The van der Waals surface area contributed by atoms with Crippen LogP contribution in [0.5, 0.6) is 0 Å². The maximum Gasteiger partial charge on any atom is 0.408 e. The van der Waals surface area contributed by atoms with E-state index in [-0.39, 0.29) is 11.5 Å². The van der Waals surface area contributed by atoms with E-state index < -0.39 is 11.6 Å². The topological polar surface area (TPSA) is 66.3 Å². The highest BCUT2D eigenvalue weighted by atomic mass is 16.4. The minimum Gasteiger partial charge on any atom is -0.465 e. The highest BCUT2D eigenvalue weighted by molar-refractivity contribution is 5.70. The van der Waals surface area contributed by atoms with Gasteiger partial charge in [0.15, 0.2) is 0 Å². The molecule has 2 aliphatic heterocycles. The van der Waals surface area contributed by atoms with Crippen LogP contribution in [0.2, 0.25) is 0 Å². The molecule has 1 N–H and O–H groups in total. The van der Waals surface area contributed by atoms with Crippen LogP contribution in [0.25, 0.3) is 0 Å². The van der Waals surface area contributed by atoms with E-state index in [0.717, 1.165) is 24.8 Å². The van der Waals surface area contributed by atoms with Gasteiger partial charge in [-0.05, 0) is 30.3 Å². The van der Waals surface area contributed by atoms with E-state index in [2.05, 4.69) is 36.8 Å². The number of carboxylic acid groups (broad SMARTS) is 1. The van der Waals surface area contributed by atoms with Gasteiger partial charge in [-0.2, -0.15) is 0 Å². The molecule has 1 fully saturated rings. The summed E-state index contributed by atoms with van der Waals surface area (Å²) in [6.45, 7) is 6.43. The SMILES string of the molecule is CC(C)(C)C1=CCC2CCC1(c1cncnc1)N2C(=O)O. The predicted octanol–water partition coefficient (Wildman–Crippen LogP) is 3.19. The van der Waals surface area contributed by atoms with Crippen molar-refractivity contribution in [3.8, 4) is 0 Å². The van der Waals surface area contributed by atoms with E-state index >= 15 is 0 Å². The van der Waals surface area contributed by atoms with E-state index in [4.69, 9.17) is 0 Å². The summed E-state index contributed by atoms with van der Waals surface area (Å²) >= 11 is 0. The molecule has 0 spiro atoms. The Balaban J connectivity index is 2.24. The first-order chi connectivity index (χ1) is 9.87. The summed E-state index contributed by atoms with van der Waals surface area (Å²) in [6, 6.07) is 0.0637. The Morgan fingerprint density at radius 1 is 1.38 bits per heavy atom. The quantitative estimate of drug-likeness (QED) is 0.805. The fourth-order valence-electron chi connectivity index (χ4n) is 4.04. The second kappa shape index (κ2) is 4.55. The van der Waals surface area contributed by atoms with Crippen molar-refractivity contribution >= 4 is 6.09 Å². The summed E-state index contributed by atoms with van der Waals surface area (Å²) in [5.74, 6) is 0. The van der Waals surface area contributed by atoms with Crippen molar-refractivity contribution in [2.75, 3.05) is 0 Å². The predicted molar refractivity (Wildman–Crippen MR) is 78.8 cm³/mol. The molecule has 21 heavy (non-hydrogen) atoms. The van der Waals surface area contributed by atoms with Crippen molar-refractivity contribution in [2.24, 2.45) is 5.41 Å². The molecule has 0 saturated carbocycles. The molecule has 0 radical (unpaired) electrons. The van der Waals surface area contributed by atoms with Gasteiger partial charge < -0.3 is 5.11 Å². The Morgan fingerprint density at radius 2 is 2.05 bits per heavy atom. The fourth-order valence-corrected chi connectivity index (χ4v) is 4.04. The normalized spacial score (nSPS) is 28.4. The zero-order chi connectivity index (χ0) is 15.3. The number of hydrogen-bond donors (Lipinski definition) is 1. The number of carbonyl (C=O) groups is 1. The van der Waals surface area contributed by atoms with Crippen molar-refractivity contribution in [1.82, 2.24) is 14.9 Å². The molecular formula is C16H21N3O2. The zero-order valence-electron chi connectivity index (χ0n) is 12.7. The van der Waals surface area contributed by atoms with E-state index in [0.29, 0.717) is 0 Å². The van der Waals surface area contributed by atoms with Crippen LogP contribution in [0.4, 0.5) is 4.79 Å². The monoisotopic (exact) mass is 287 g/mol. The molecule has 3 rings (SSSR count). The maximum absolute atomic E-state index is 11.9. The molecule has 2 aliphatic rings. The average molecular weight is 287 g/mol. The standard InChI is InChI=1S/C16H21N3O2/c1-15(2,3)13-5-4-12-6-7-16(13,19(12)14(20)21)11-8-17-10-18-9-11/h5,8-10,12H,4,6-7H2,1-3H3,(H,20,21). The van der Waals surface area contributed by atoms with Crippen LogP contribution in [-0.4, -0.2) is 32.1 Å². The van der Waals surface area contributed by atoms with E-state index in [1.807, 2.05) is 0 Å². The summed E-state index contributed by atoms with van der Waals surface area (Å²) in [4.78, 5) is 21.8. The molecule has 3 heterocycles. The van der Waals surface area contributed by atoms with Gasteiger partial charge in [0.25, 0.3) is 0 Å². The van der Waals surface area contributed by atoms with Gasteiger partial charge in [-0.15, -0.1) is 0 Å². The van der Waals surface area contributed by atoms with Gasteiger partial charge in [0.1, 0.15) is 6.33 Å². The third-order valence-electron chi connectivity index (χ3n) is 4.71. The van der Waals surface area contributed by atoms with E-state index in [9.17, 15) is 9.90 Å². The molecule has 1 aromatic heterocycles. The molecule has 1 saturated heterocycles. The fraction of sp³-hybridized carbons (Fsp3) is 0.562. The molecule has 112 valence electrons. The van der Waals surface area contributed by atoms with Gasteiger partial charge in [0.05, 0.1) is 5.54 Å². The first kappa shape index (κ1) is 14.0. The highest BCUT2D eigenvalue weighted by Gasteiger charge is 2.56. The molecule has 5 nitrogen and oxygen atoms in total. The highest BCUT2D eigenvalue weighted by Crippen LogP contribution is 2.55. The van der Waals surface area contributed by atoms with Gasteiger partial charge in [-0.1, -0.05) is 26.8 Å². The minimum atomic E-state index is -0.851. The van der Waals surface area contributed by atoms with Gasteiger partial charge in [0.2, 0.25) is 0 Å². The first-order valence-corrected chi connectivity index (χ1v) is 7.36. The van der Waals surface area contributed by atoms with Gasteiger partial charge in [0, 0.05) is 24.0 Å². The molecular weight excluding hydrogens is 266 g/mol. The molecule has 0 aromatic carbocycles. The van der Waals surface area contributed by atoms with E-state index in [1.165, 1.54) is 11.9 Å². The van der Waals surface area contributed by atoms with Gasteiger partial charge >= 0.3 is 6.09 Å². The van der Waals surface area contributed by atoms with Crippen LogP contribution in [0.15, 0.2) is 30.4 Å². The third kappa shape index (κ3) is 1.94. The van der Waals surface area contributed by atoms with Crippen molar-refractivity contribution in [2.45, 2.75) is 51.6 Å². The van der Waals surface area contributed by atoms with Crippen molar-refractivity contribution in [3.63, 3.8) is 0 Å². The second-order valence-electron chi connectivity index (χ2n) is 6.94. The lowest BCUT2D eigenvalue weighted by Gasteiger charge is -2.48. The Kier molecular flexibility index (Phi) is 3.04.